The fraction of sp³-hybridized carbons (Fsp3) is 0.692. The van der Waals surface area contributed by atoms with E-state index in [0.717, 1.165) is 24.7 Å². The molecule has 0 amide bonds. The lowest BCUT2D eigenvalue weighted by atomic mass is 10.0. The lowest BCUT2D eigenvalue weighted by Gasteiger charge is -2.17. The summed E-state index contributed by atoms with van der Waals surface area (Å²) in [6.45, 7) is 6.05. The summed E-state index contributed by atoms with van der Waals surface area (Å²) in [6.07, 6.45) is 5.40. The zero-order valence-corrected chi connectivity index (χ0v) is 11.4. The standard InChI is InChI=1S/C13H22N4O/c1-4-13(6-7-13)8-15-12-10(18-3)11(14-5-2)16-9-17-12/h9H,4-8H2,1-3H3,(H2,14,15,16,17). The lowest BCUT2D eigenvalue weighted by molar-refractivity contribution is 0.413. The van der Waals surface area contributed by atoms with Crippen LogP contribution in [0.2, 0.25) is 0 Å². The normalized spacial score (nSPS) is 16.2. The monoisotopic (exact) mass is 250 g/mol. The molecule has 1 aliphatic rings. The van der Waals surface area contributed by atoms with E-state index in [1.54, 1.807) is 13.4 Å². The Labute approximate surface area is 108 Å². The molecule has 5 nitrogen and oxygen atoms in total. The number of hydrogen-bond donors (Lipinski definition) is 2. The molecule has 0 aromatic carbocycles. The zero-order chi connectivity index (χ0) is 13.0. The first-order valence-corrected chi connectivity index (χ1v) is 6.61. The van der Waals surface area contributed by atoms with Gasteiger partial charge in [-0.15, -0.1) is 0 Å². The maximum absolute atomic E-state index is 5.40. The number of ether oxygens (including phenoxy) is 1. The van der Waals surface area contributed by atoms with Crippen molar-refractivity contribution in [3.8, 4) is 5.75 Å². The molecule has 0 radical (unpaired) electrons. The van der Waals surface area contributed by atoms with E-state index in [0.29, 0.717) is 11.2 Å². The molecular formula is C13H22N4O. The number of aromatic nitrogens is 2. The van der Waals surface area contributed by atoms with Crippen LogP contribution >= 0.6 is 0 Å². The van der Waals surface area contributed by atoms with Gasteiger partial charge in [0.15, 0.2) is 11.6 Å². The topological polar surface area (TPSA) is 59.1 Å². The molecule has 0 saturated heterocycles. The summed E-state index contributed by atoms with van der Waals surface area (Å²) in [5.41, 5.74) is 0.480. The second-order valence-corrected chi connectivity index (χ2v) is 4.84. The van der Waals surface area contributed by atoms with Crippen LogP contribution in [0.3, 0.4) is 0 Å². The number of rotatable bonds is 7. The third-order valence-electron chi connectivity index (χ3n) is 3.69. The molecule has 1 saturated carbocycles. The van der Waals surface area contributed by atoms with Gasteiger partial charge in [0.05, 0.1) is 7.11 Å². The van der Waals surface area contributed by atoms with Gasteiger partial charge in [0.2, 0.25) is 5.75 Å². The summed E-state index contributed by atoms with van der Waals surface area (Å²) < 4.78 is 5.40. The highest BCUT2D eigenvalue weighted by Gasteiger charge is 2.40. The smallest absolute Gasteiger partial charge is 0.204 e. The van der Waals surface area contributed by atoms with E-state index >= 15 is 0 Å². The van der Waals surface area contributed by atoms with Crippen molar-refractivity contribution in [2.45, 2.75) is 33.1 Å². The quantitative estimate of drug-likeness (QED) is 0.778. The Bertz CT molecular complexity index is 404. The third-order valence-corrected chi connectivity index (χ3v) is 3.69. The van der Waals surface area contributed by atoms with E-state index in [1.165, 1.54) is 19.3 Å². The van der Waals surface area contributed by atoms with Crippen molar-refractivity contribution in [3.05, 3.63) is 6.33 Å². The number of methoxy groups -OCH3 is 1. The maximum Gasteiger partial charge on any atom is 0.204 e. The van der Waals surface area contributed by atoms with Crippen LogP contribution in [0, 0.1) is 5.41 Å². The summed E-state index contributed by atoms with van der Waals surface area (Å²) in [7, 11) is 1.65. The van der Waals surface area contributed by atoms with Crippen LogP contribution in [0.4, 0.5) is 11.6 Å². The molecule has 0 spiro atoms. The third kappa shape index (κ3) is 2.66. The van der Waals surface area contributed by atoms with Gasteiger partial charge in [0.1, 0.15) is 6.33 Å². The molecule has 18 heavy (non-hydrogen) atoms. The Hall–Kier alpha value is -1.52. The van der Waals surface area contributed by atoms with Gasteiger partial charge in [-0.2, -0.15) is 0 Å². The largest absolute Gasteiger partial charge is 0.490 e. The Morgan fingerprint density at radius 1 is 1.22 bits per heavy atom. The minimum Gasteiger partial charge on any atom is -0.490 e. The van der Waals surface area contributed by atoms with Crippen molar-refractivity contribution >= 4 is 11.6 Å². The molecule has 1 fully saturated rings. The van der Waals surface area contributed by atoms with Crippen molar-refractivity contribution in [3.63, 3.8) is 0 Å². The average molecular weight is 250 g/mol. The summed E-state index contributed by atoms with van der Waals surface area (Å²) in [5.74, 6) is 2.23. The number of nitrogens with one attached hydrogen (secondary N) is 2. The van der Waals surface area contributed by atoms with Gasteiger partial charge in [-0.3, -0.25) is 0 Å². The van der Waals surface area contributed by atoms with Crippen molar-refractivity contribution in [2.24, 2.45) is 5.41 Å². The molecule has 1 aromatic rings. The highest BCUT2D eigenvalue weighted by Crippen LogP contribution is 2.48. The SMILES string of the molecule is CCNc1ncnc(NCC2(CC)CC2)c1OC. The van der Waals surface area contributed by atoms with Crippen molar-refractivity contribution < 1.29 is 4.74 Å². The van der Waals surface area contributed by atoms with Crippen molar-refractivity contribution in [1.82, 2.24) is 9.97 Å². The summed E-state index contributed by atoms with van der Waals surface area (Å²) in [5, 5.41) is 6.58. The summed E-state index contributed by atoms with van der Waals surface area (Å²) in [4.78, 5) is 8.46. The highest BCUT2D eigenvalue weighted by molar-refractivity contribution is 5.63. The minimum atomic E-state index is 0.480. The van der Waals surface area contributed by atoms with Crippen LogP contribution < -0.4 is 15.4 Å². The first-order valence-electron chi connectivity index (χ1n) is 6.61. The molecule has 0 bridgehead atoms. The van der Waals surface area contributed by atoms with Crippen molar-refractivity contribution in [1.29, 1.82) is 0 Å². The van der Waals surface area contributed by atoms with Gasteiger partial charge in [-0.25, -0.2) is 9.97 Å². The van der Waals surface area contributed by atoms with E-state index in [9.17, 15) is 0 Å². The fourth-order valence-electron chi connectivity index (χ4n) is 2.09. The fourth-order valence-corrected chi connectivity index (χ4v) is 2.09. The highest BCUT2D eigenvalue weighted by atomic mass is 16.5. The van der Waals surface area contributed by atoms with E-state index < -0.39 is 0 Å². The Morgan fingerprint density at radius 3 is 2.39 bits per heavy atom. The average Bonchev–Trinajstić information content (AvgIpc) is 3.17. The van der Waals surface area contributed by atoms with Crippen LogP contribution in [0.5, 0.6) is 5.75 Å². The molecule has 5 heteroatoms. The molecule has 2 N–H and O–H groups in total. The zero-order valence-electron chi connectivity index (χ0n) is 11.4. The van der Waals surface area contributed by atoms with Gasteiger partial charge in [-0.05, 0) is 31.6 Å². The lowest BCUT2D eigenvalue weighted by Crippen LogP contribution is -2.16. The Morgan fingerprint density at radius 2 is 1.89 bits per heavy atom. The predicted molar refractivity (Wildman–Crippen MR) is 73.2 cm³/mol. The van der Waals surface area contributed by atoms with E-state index in [2.05, 4.69) is 27.5 Å². The molecular weight excluding hydrogens is 228 g/mol. The number of hydrogen-bond acceptors (Lipinski definition) is 5. The Kier molecular flexibility index (Phi) is 3.89. The number of nitrogens with zero attached hydrogens (tertiary/aromatic N) is 2. The molecule has 0 aliphatic heterocycles. The summed E-state index contributed by atoms with van der Waals surface area (Å²) in [6, 6.07) is 0. The van der Waals surface area contributed by atoms with E-state index in [4.69, 9.17) is 4.74 Å². The van der Waals surface area contributed by atoms with Crippen molar-refractivity contribution in [2.75, 3.05) is 30.8 Å². The second-order valence-electron chi connectivity index (χ2n) is 4.84. The minimum absolute atomic E-state index is 0.480. The van der Waals surface area contributed by atoms with Crippen LogP contribution in [-0.2, 0) is 0 Å². The summed E-state index contributed by atoms with van der Waals surface area (Å²) >= 11 is 0. The van der Waals surface area contributed by atoms with Gasteiger partial charge < -0.3 is 15.4 Å². The van der Waals surface area contributed by atoms with Gasteiger partial charge in [-0.1, -0.05) is 6.92 Å². The van der Waals surface area contributed by atoms with Gasteiger partial charge in [0.25, 0.3) is 0 Å². The van der Waals surface area contributed by atoms with Crippen LogP contribution in [0.15, 0.2) is 6.33 Å². The van der Waals surface area contributed by atoms with E-state index in [-0.39, 0.29) is 0 Å². The maximum atomic E-state index is 5.40. The van der Waals surface area contributed by atoms with Crippen LogP contribution in [0.25, 0.3) is 0 Å². The van der Waals surface area contributed by atoms with Gasteiger partial charge in [0, 0.05) is 13.1 Å². The molecule has 100 valence electrons. The molecule has 0 unspecified atom stereocenters. The number of anilines is 2. The molecule has 2 rings (SSSR count). The first-order chi connectivity index (χ1) is 8.74. The molecule has 0 atom stereocenters. The predicted octanol–water partition coefficient (Wildman–Crippen LogP) is 2.52. The van der Waals surface area contributed by atoms with E-state index in [1.807, 2.05) is 6.92 Å². The first kappa shape index (κ1) is 12.9. The van der Waals surface area contributed by atoms with Crippen LogP contribution in [-0.4, -0.2) is 30.2 Å². The molecule has 1 aromatic heterocycles. The van der Waals surface area contributed by atoms with Crippen LogP contribution in [0.1, 0.15) is 33.1 Å². The Balaban J connectivity index is 2.09. The van der Waals surface area contributed by atoms with Gasteiger partial charge >= 0.3 is 0 Å². The molecule has 1 aliphatic carbocycles. The molecule has 1 heterocycles. The second kappa shape index (κ2) is 5.42.